The van der Waals surface area contributed by atoms with E-state index in [0.717, 1.165) is 11.3 Å². The van der Waals surface area contributed by atoms with Crippen LogP contribution >= 0.6 is 23.2 Å². The number of amides is 2. The van der Waals surface area contributed by atoms with E-state index in [2.05, 4.69) is 10.6 Å². The molecule has 0 aliphatic carbocycles. The number of benzene rings is 3. The lowest BCUT2D eigenvalue weighted by Gasteiger charge is -2.10. The van der Waals surface area contributed by atoms with Crippen molar-refractivity contribution in [2.75, 3.05) is 17.2 Å². The van der Waals surface area contributed by atoms with Gasteiger partial charge in [0.1, 0.15) is 5.75 Å². The van der Waals surface area contributed by atoms with Crippen molar-refractivity contribution < 1.29 is 14.3 Å². The van der Waals surface area contributed by atoms with Crippen molar-refractivity contribution in [1.82, 2.24) is 0 Å². The molecule has 148 valence electrons. The van der Waals surface area contributed by atoms with Gasteiger partial charge in [0.2, 0.25) is 0 Å². The standard InChI is InChI=1S/C22H18Cl2N2O3/c1-14-3-2-4-18(11-14)26-22(28)15-5-8-17(9-6-15)25-21(27)13-29-20-10-7-16(23)12-19(20)24/h2-12H,13H2,1H3,(H,25,27)(H,26,28). The maximum Gasteiger partial charge on any atom is 0.262 e. The summed E-state index contributed by atoms with van der Waals surface area (Å²) in [5.74, 6) is -0.212. The van der Waals surface area contributed by atoms with Crippen LogP contribution in [-0.4, -0.2) is 18.4 Å². The van der Waals surface area contributed by atoms with E-state index < -0.39 is 0 Å². The Balaban J connectivity index is 1.54. The number of rotatable bonds is 6. The number of hydrogen-bond donors (Lipinski definition) is 2. The van der Waals surface area contributed by atoms with E-state index in [9.17, 15) is 9.59 Å². The smallest absolute Gasteiger partial charge is 0.262 e. The third kappa shape index (κ3) is 5.98. The number of aryl methyl sites for hydroxylation is 1. The summed E-state index contributed by atoms with van der Waals surface area (Å²) in [7, 11) is 0. The highest BCUT2D eigenvalue weighted by atomic mass is 35.5. The predicted molar refractivity (Wildman–Crippen MR) is 116 cm³/mol. The van der Waals surface area contributed by atoms with Gasteiger partial charge in [-0.3, -0.25) is 9.59 Å². The van der Waals surface area contributed by atoms with Crippen LogP contribution in [0.5, 0.6) is 5.75 Å². The minimum Gasteiger partial charge on any atom is -0.482 e. The lowest BCUT2D eigenvalue weighted by atomic mass is 10.1. The topological polar surface area (TPSA) is 67.4 Å². The number of hydrogen-bond acceptors (Lipinski definition) is 3. The van der Waals surface area contributed by atoms with Crippen molar-refractivity contribution in [3.05, 3.63) is 87.9 Å². The van der Waals surface area contributed by atoms with Crippen LogP contribution in [0.3, 0.4) is 0 Å². The average Bonchev–Trinajstić information content (AvgIpc) is 2.68. The van der Waals surface area contributed by atoms with E-state index in [4.69, 9.17) is 27.9 Å². The molecule has 3 aromatic rings. The number of anilines is 2. The Labute approximate surface area is 178 Å². The molecule has 0 aliphatic rings. The van der Waals surface area contributed by atoms with Crippen LogP contribution < -0.4 is 15.4 Å². The zero-order valence-electron chi connectivity index (χ0n) is 15.5. The van der Waals surface area contributed by atoms with Gasteiger partial charge in [-0.1, -0.05) is 35.3 Å². The van der Waals surface area contributed by atoms with E-state index in [-0.39, 0.29) is 18.4 Å². The zero-order chi connectivity index (χ0) is 20.8. The number of nitrogens with one attached hydrogen (secondary N) is 2. The highest BCUT2D eigenvalue weighted by molar-refractivity contribution is 6.35. The first-order valence-electron chi connectivity index (χ1n) is 8.76. The van der Waals surface area contributed by atoms with Crippen LogP contribution in [0.2, 0.25) is 10.0 Å². The third-order valence-corrected chi connectivity index (χ3v) is 4.49. The summed E-state index contributed by atoms with van der Waals surface area (Å²) in [6, 6.07) is 18.9. The first kappa shape index (κ1) is 20.7. The minimum atomic E-state index is -0.354. The Morgan fingerprint density at radius 2 is 1.66 bits per heavy atom. The number of carbonyl (C=O) groups is 2. The summed E-state index contributed by atoms with van der Waals surface area (Å²) >= 11 is 11.8. The Morgan fingerprint density at radius 1 is 0.897 bits per heavy atom. The zero-order valence-corrected chi connectivity index (χ0v) is 17.1. The molecule has 0 unspecified atom stereocenters. The number of halogens is 2. The molecule has 0 radical (unpaired) electrons. The van der Waals surface area contributed by atoms with Gasteiger partial charge in [-0.25, -0.2) is 0 Å². The van der Waals surface area contributed by atoms with Gasteiger partial charge in [0.15, 0.2) is 6.61 Å². The van der Waals surface area contributed by atoms with Crippen molar-refractivity contribution in [3.63, 3.8) is 0 Å². The normalized spacial score (nSPS) is 10.3. The molecule has 3 rings (SSSR count). The Kier molecular flexibility index (Phi) is 6.75. The summed E-state index contributed by atoms with van der Waals surface area (Å²) in [5, 5.41) is 6.35. The van der Waals surface area contributed by atoms with Crippen LogP contribution in [0.1, 0.15) is 15.9 Å². The lowest BCUT2D eigenvalue weighted by molar-refractivity contribution is -0.118. The molecule has 0 heterocycles. The summed E-state index contributed by atoms with van der Waals surface area (Å²) in [6.45, 7) is 1.74. The summed E-state index contributed by atoms with van der Waals surface area (Å²) in [4.78, 5) is 24.4. The van der Waals surface area contributed by atoms with Crippen LogP contribution in [-0.2, 0) is 4.79 Å². The lowest BCUT2D eigenvalue weighted by Crippen LogP contribution is -2.20. The van der Waals surface area contributed by atoms with Gasteiger partial charge in [-0.05, 0) is 67.1 Å². The quantitative estimate of drug-likeness (QED) is 0.538. The third-order valence-electron chi connectivity index (χ3n) is 3.96. The molecule has 0 atom stereocenters. The Hall–Kier alpha value is -3.02. The molecule has 0 spiro atoms. The van der Waals surface area contributed by atoms with Gasteiger partial charge < -0.3 is 15.4 Å². The Morgan fingerprint density at radius 3 is 2.34 bits per heavy atom. The first-order valence-corrected chi connectivity index (χ1v) is 9.52. The molecule has 0 aromatic heterocycles. The highest BCUT2D eigenvalue weighted by Gasteiger charge is 2.09. The van der Waals surface area contributed by atoms with E-state index in [0.29, 0.717) is 27.0 Å². The molecule has 0 bridgehead atoms. The molecule has 5 nitrogen and oxygen atoms in total. The van der Waals surface area contributed by atoms with Gasteiger partial charge in [0.05, 0.1) is 5.02 Å². The van der Waals surface area contributed by atoms with Gasteiger partial charge in [0.25, 0.3) is 11.8 Å². The van der Waals surface area contributed by atoms with Gasteiger partial charge in [0, 0.05) is 22.0 Å². The largest absolute Gasteiger partial charge is 0.482 e. The van der Waals surface area contributed by atoms with Crippen molar-refractivity contribution in [2.24, 2.45) is 0 Å². The minimum absolute atomic E-state index is 0.211. The molecule has 29 heavy (non-hydrogen) atoms. The maximum atomic E-state index is 12.3. The van der Waals surface area contributed by atoms with Crippen molar-refractivity contribution in [1.29, 1.82) is 0 Å². The second-order valence-electron chi connectivity index (χ2n) is 6.31. The molecule has 0 saturated carbocycles. The number of carbonyl (C=O) groups excluding carboxylic acids is 2. The van der Waals surface area contributed by atoms with Crippen molar-refractivity contribution >= 4 is 46.4 Å². The molecule has 2 amide bonds. The Bertz CT molecular complexity index is 1040. The second kappa shape index (κ2) is 9.45. The monoisotopic (exact) mass is 428 g/mol. The van der Waals surface area contributed by atoms with Crippen molar-refractivity contribution in [2.45, 2.75) is 6.92 Å². The van der Waals surface area contributed by atoms with E-state index in [1.54, 1.807) is 36.4 Å². The molecular weight excluding hydrogens is 411 g/mol. The molecule has 0 aliphatic heterocycles. The van der Waals surface area contributed by atoms with Crippen LogP contribution in [0.4, 0.5) is 11.4 Å². The first-order chi connectivity index (χ1) is 13.9. The van der Waals surface area contributed by atoms with Gasteiger partial charge >= 0.3 is 0 Å². The van der Waals surface area contributed by atoms with Crippen LogP contribution in [0.15, 0.2) is 66.7 Å². The van der Waals surface area contributed by atoms with E-state index in [1.807, 2.05) is 31.2 Å². The fourth-order valence-electron chi connectivity index (χ4n) is 2.56. The molecule has 0 saturated heterocycles. The SMILES string of the molecule is Cc1cccc(NC(=O)c2ccc(NC(=O)COc3ccc(Cl)cc3Cl)cc2)c1. The molecular formula is C22H18Cl2N2O3. The van der Waals surface area contributed by atoms with Gasteiger partial charge in [-0.2, -0.15) is 0 Å². The maximum absolute atomic E-state index is 12.3. The second-order valence-corrected chi connectivity index (χ2v) is 7.16. The van der Waals surface area contributed by atoms with Crippen LogP contribution in [0, 0.1) is 6.92 Å². The predicted octanol–water partition coefficient (Wildman–Crippen LogP) is 5.57. The van der Waals surface area contributed by atoms with Gasteiger partial charge in [-0.15, -0.1) is 0 Å². The number of ether oxygens (including phenoxy) is 1. The fraction of sp³-hybridized carbons (Fsp3) is 0.0909. The molecule has 0 fully saturated rings. The van der Waals surface area contributed by atoms with Crippen molar-refractivity contribution in [3.8, 4) is 5.75 Å². The fourth-order valence-corrected chi connectivity index (χ4v) is 3.03. The summed E-state index contributed by atoms with van der Waals surface area (Å²) in [5.41, 5.74) is 2.81. The highest BCUT2D eigenvalue weighted by Crippen LogP contribution is 2.27. The van der Waals surface area contributed by atoms with E-state index in [1.165, 1.54) is 6.07 Å². The summed E-state index contributed by atoms with van der Waals surface area (Å²) in [6.07, 6.45) is 0. The molecule has 7 heteroatoms. The van der Waals surface area contributed by atoms with Crippen LogP contribution in [0.25, 0.3) is 0 Å². The molecule has 3 aromatic carbocycles. The molecule has 2 N–H and O–H groups in total. The summed E-state index contributed by atoms with van der Waals surface area (Å²) < 4.78 is 5.40. The average molecular weight is 429 g/mol. The van der Waals surface area contributed by atoms with E-state index >= 15 is 0 Å².